The molecular formula is C23H27NO4. The monoisotopic (exact) mass is 381 g/mol. The van der Waals surface area contributed by atoms with Crippen molar-refractivity contribution in [2.75, 3.05) is 27.3 Å². The predicted molar refractivity (Wildman–Crippen MR) is 110 cm³/mol. The molecule has 0 bridgehead atoms. The van der Waals surface area contributed by atoms with Crippen LogP contribution < -0.4 is 9.47 Å². The molecule has 28 heavy (non-hydrogen) atoms. The van der Waals surface area contributed by atoms with Gasteiger partial charge < -0.3 is 14.6 Å². The Bertz CT molecular complexity index is 836. The number of phenols is 1. The van der Waals surface area contributed by atoms with Gasteiger partial charge in [-0.1, -0.05) is 36.8 Å². The molecule has 0 spiro atoms. The molecule has 1 aliphatic heterocycles. The largest absolute Gasteiger partial charge is 0.507 e. The summed E-state index contributed by atoms with van der Waals surface area (Å²) in [6, 6.07) is 11.1. The first kappa shape index (κ1) is 20.0. The fourth-order valence-electron chi connectivity index (χ4n) is 3.44. The molecule has 1 aliphatic rings. The molecule has 0 aliphatic carbocycles. The molecule has 0 aromatic heterocycles. The van der Waals surface area contributed by atoms with Crippen LogP contribution in [0, 0.1) is 0 Å². The molecule has 1 saturated heterocycles. The summed E-state index contributed by atoms with van der Waals surface area (Å²) in [7, 11) is 2.97. The zero-order chi connectivity index (χ0) is 19.9. The number of piperidine rings is 1. The van der Waals surface area contributed by atoms with Crippen LogP contribution in [0.1, 0.15) is 40.7 Å². The second-order valence-electron chi connectivity index (χ2n) is 7.00. The highest BCUT2D eigenvalue weighted by Gasteiger charge is 2.15. The summed E-state index contributed by atoms with van der Waals surface area (Å²) >= 11 is 0. The molecule has 0 atom stereocenters. The summed E-state index contributed by atoms with van der Waals surface area (Å²) in [4.78, 5) is 15.0. The van der Waals surface area contributed by atoms with E-state index in [-0.39, 0.29) is 17.1 Å². The lowest BCUT2D eigenvalue weighted by molar-refractivity contribution is 0.104. The molecule has 0 saturated carbocycles. The average Bonchev–Trinajstić information content (AvgIpc) is 2.73. The van der Waals surface area contributed by atoms with Crippen molar-refractivity contribution in [3.05, 3.63) is 59.2 Å². The first-order chi connectivity index (χ1) is 13.6. The number of hydrogen-bond donors (Lipinski definition) is 1. The summed E-state index contributed by atoms with van der Waals surface area (Å²) in [5.74, 6) is 0.351. The fraction of sp³-hybridized carbons (Fsp3) is 0.348. The molecule has 0 radical (unpaired) electrons. The molecular weight excluding hydrogens is 354 g/mol. The van der Waals surface area contributed by atoms with E-state index in [9.17, 15) is 9.90 Å². The number of methoxy groups -OCH3 is 2. The summed E-state index contributed by atoms with van der Waals surface area (Å²) in [5, 5.41) is 10.1. The smallest absolute Gasteiger partial charge is 0.189 e. The third-order valence-corrected chi connectivity index (χ3v) is 5.03. The summed E-state index contributed by atoms with van der Waals surface area (Å²) in [6.07, 6.45) is 7.12. The first-order valence-electron chi connectivity index (χ1n) is 9.59. The van der Waals surface area contributed by atoms with Crippen molar-refractivity contribution in [3.63, 3.8) is 0 Å². The third kappa shape index (κ3) is 4.93. The van der Waals surface area contributed by atoms with Gasteiger partial charge in [-0.05, 0) is 49.2 Å². The highest BCUT2D eigenvalue weighted by atomic mass is 16.5. The van der Waals surface area contributed by atoms with Crippen LogP contribution in [0.4, 0.5) is 0 Å². The van der Waals surface area contributed by atoms with E-state index >= 15 is 0 Å². The molecule has 148 valence electrons. The number of ether oxygens (including phenoxy) is 2. The van der Waals surface area contributed by atoms with E-state index in [1.165, 1.54) is 70.3 Å². The van der Waals surface area contributed by atoms with Crippen molar-refractivity contribution in [1.82, 2.24) is 4.90 Å². The maximum Gasteiger partial charge on any atom is 0.189 e. The van der Waals surface area contributed by atoms with E-state index in [2.05, 4.69) is 17.0 Å². The van der Waals surface area contributed by atoms with Gasteiger partial charge >= 0.3 is 0 Å². The zero-order valence-corrected chi connectivity index (χ0v) is 16.5. The normalized spacial score (nSPS) is 14.9. The molecule has 5 heteroatoms. The van der Waals surface area contributed by atoms with Gasteiger partial charge in [0.05, 0.1) is 19.8 Å². The van der Waals surface area contributed by atoms with Gasteiger partial charge in [0.1, 0.15) is 5.75 Å². The minimum atomic E-state index is -0.296. The summed E-state index contributed by atoms with van der Waals surface area (Å²) in [6.45, 7) is 3.32. The lowest BCUT2D eigenvalue weighted by Crippen LogP contribution is -2.28. The van der Waals surface area contributed by atoms with Crippen LogP contribution in [-0.4, -0.2) is 43.1 Å². The second kappa shape index (κ2) is 9.42. The Morgan fingerprint density at radius 1 is 1.04 bits per heavy atom. The van der Waals surface area contributed by atoms with E-state index in [1.807, 2.05) is 12.1 Å². The van der Waals surface area contributed by atoms with Crippen LogP contribution in [0.5, 0.6) is 17.2 Å². The van der Waals surface area contributed by atoms with Crippen molar-refractivity contribution >= 4 is 11.9 Å². The third-order valence-electron chi connectivity index (χ3n) is 5.03. The second-order valence-corrected chi connectivity index (χ2v) is 7.00. The number of rotatable bonds is 7. The van der Waals surface area contributed by atoms with E-state index in [0.29, 0.717) is 11.5 Å². The minimum absolute atomic E-state index is 0.135. The topological polar surface area (TPSA) is 59.0 Å². The molecule has 1 heterocycles. The van der Waals surface area contributed by atoms with Crippen molar-refractivity contribution < 1.29 is 19.4 Å². The highest BCUT2D eigenvalue weighted by molar-refractivity contribution is 6.09. The van der Waals surface area contributed by atoms with Gasteiger partial charge in [-0.25, -0.2) is 0 Å². The van der Waals surface area contributed by atoms with E-state index in [1.54, 1.807) is 6.08 Å². The molecule has 2 aromatic carbocycles. The highest BCUT2D eigenvalue weighted by Crippen LogP contribution is 2.34. The van der Waals surface area contributed by atoms with Gasteiger partial charge in [0.15, 0.2) is 17.3 Å². The Labute approximate surface area is 166 Å². The van der Waals surface area contributed by atoms with Gasteiger partial charge in [-0.3, -0.25) is 9.69 Å². The van der Waals surface area contributed by atoms with E-state index < -0.39 is 0 Å². The van der Waals surface area contributed by atoms with Crippen molar-refractivity contribution in [2.24, 2.45) is 0 Å². The van der Waals surface area contributed by atoms with Gasteiger partial charge in [-0.15, -0.1) is 0 Å². The number of likely N-dealkylation sites (tertiary alicyclic amines) is 1. The maximum atomic E-state index is 12.5. The molecule has 3 rings (SSSR count). The Morgan fingerprint density at radius 3 is 2.32 bits per heavy atom. The molecule has 1 fully saturated rings. The van der Waals surface area contributed by atoms with E-state index in [4.69, 9.17) is 9.47 Å². The van der Waals surface area contributed by atoms with Gasteiger partial charge in [0, 0.05) is 12.6 Å². The molecule has 0 amide bonds. The lowest BCUT2D eigenvalue weighted by Gasteiger charge is -2.26. The zero-order valence-electron chi connectivity index (χ0n) is 16.5. The SMILES string of the molecule is COc1cc(O)c(C(=O)/C=C/c2ccc(CN3CCCCC3)cc2)cc1OC. The number of nitrogens with zero attached hydrogens (tertiary/aromatic N) is 1. The summed E-state index contributed by atoms with van der Waals surface area (Å²) < 4.78 is 10.3. The van der Waals surface area contributed by atoms with Crippen molar-refractivity contribution in [2.45, 2.75) is 25.8 Å². The number of carbonyl (C=O) groups is 1. The quantitative estimate of drug-likeness (QED) is 0.573. The number of phenolic OH excluding ortho intramolecular Hbond substituents is 1. The predicted octanol–water partition coefficient (Wildman–Crippen LogP) is 4.29. The maximum absolute atomic E-state index is 12.5. The molecule has 5 nitrogen and oxygen atoms in total. The number of benzene rings is 2. The molecule has 1 N–H and O–H groups in total. The Balaban J connectivity index is 1.67. The van der Waals surface area contributed by atoms with Crippen LogP contribution in [0.25, 0.3) is 6.08 Å². The first-order valence-corrected chi connectivity index (χ1v) is 9.59. The standard InChI is InChI=1S/C23H27NO4/c1-27-22-14-19(21(26)15-23(22)28-2)20(25)11-10-17-6-8-18(9-7-17)16-24-12-4-3-5-13-24/h6-11,14-15,26H,3-5,12-13,16H2,1-2H3/b11-10+. The Kier molecular flexibility index (Phi) is 6.71. The molecule has 0 unspecified atom stereocenters. The number of ketones is 1. The average molecular weight is 381 g/mol. The number of hydrogen-bond acceptors (Lipinski definition) is 5. The fourth-order valence-corrected chi connectivity index (χ4v) is 3.44. The molecule has 2 aromatic rings. The van der Waals surface area contributed by atoms with Gasteiger partial charge in [-0.2, -0.15) is 0 Å². The number of allylic oxidation sites excluding steroid dienone is 1. The van der Waals surface area contributed by atoms with Crippen molar-refractivity contribution in [1.29, 1.82) is 0 Å². The van der Waals surface area contributed by atoms with Gasteiger partial charge in [0.25, 0.3) is 0 Å². The number of carbonyl (C=O) groups excluding carboxylic acids is 1. The van der Waals surface area contributed by atoms with Crippen LogP contribution in [-0.2, 0) is 6.54 Å². The van der Waals surface area contributed by atoms with Crippen LogP contribution >= 0.6 is 0 Å². The van der Waals surface area contributed by atoms with E-state index in [0.717, 1.165) is 12.1 Å². The Morgan fingerprint density at radius 2 is 1.68 bits per heavy atom. The minimum Gasteiger partial charge on any atom is -0.507 e. The number of aromatic hydroxyl groups is 1. The Hall–Kier alpha value is -2.79. The van der Waals surface area contributed by atoms with Crippen molar-refractivity contribution in [3.8, 4) is 17.2 Å². The summed E-state index contributed by atoms with van der Waals surface area (Å²) in [5.41, 5.74) is 2.40. The van der Waals surface area contributed by atoms with Crippen LogP contribution in [0.2, 0.25) is 0 Å². The lowest BCUT2D eigenvalue weighted by atomic mass is 10.1. The van der Waals surface area contributed by atoms with Crippen LogP contribution in [0.3, 0.4) is 0 Å². The van der Waals surface area contributed by atoms with Crippen LogP contribution in [0.15, 0.2) is 42.5 Å². The van der Waals surface area contributed by atoms with Gasteiger partial charge in [0.2, 0.25) is 0 Å².